The molecule has 72 valence electrons. The maximum absolute atomic E-state index is 5.41. The third kappa shape index (κ3) is 1.17. The van der Waals surface area contributed by atoms with Gasteiger partial charge in [0.25, 0.3) is 0 Å². The Labute approximate surface area is 94.2 Å². The monoisotopic (exact) mass is 210 g/mol. The zero-order chi connectivity index (χ0) is 10.4. The van der Waals surface area contributed by atoms with Crippen molar-refractivity contribution >= 4 is 33.4 Å². The molecule has 0 aromatic heterocycles. The van der Waals surface area contributed by atoms with Gasteiger partial charge in [-0.3, -0.25) is 0 Å². The third-order valence-electron chi connectivity index (χ3n) is 2.96. The second kappa shape index (κ2) is 3.01. The van der Waals surface area contributed by atoms with E-state index in [1.807, 2.05) is 0 Å². The van der Waals surface area contributed by atoms with Gasteiger partial charge in [0, 0.05) is 11.3 Å². The van der Waals surface area contributed by atoms with Crippen molar-refractivity contribution in [1.82, 2.24) is 0 Å². The van der Waals surface area contributed by atoms with Crippen molar-refractivity contribution in [3.05, 3.63) is 54.1 Å². The number of thiocarbonyl (C=S) groups is 1. The SMILES string of the molecule is C=C1CC(=S)c2cccc3cccc1c23. The van der Waals surface area contributed by atoms with Crippen LogP contribution in [0, 0.1) is 0 Å². The summed E-state index contributed by atoms with van der Waals surface area (Å²) < 4.78 is 0. The molecule has 0 amide bonds. The van der Waals surface area contributed by atoms with Crippen LogP contribution in [-0.2, 0) is 0 Å². The molecule has 0 atom stereocenters. The van der Waals surface area contributed by atoms with Crippen molar-refractivity contribution in [1.29, 1.82) is 0 Å². The van der Waals surface area contributed by atoms with Gasteiger partial charge in [-0.1, -0.05) is 55.2 Å². The summed E-state index contributed by atoms with van der Waals surface area (Å²) in [5.41, 5.74) is 3.62. The summed E-state index contributed by atoms with van der Waals surface area (Å²) in [5.74, 6) is 0. The number of hydrogen-bond acceptors (Lipinski definition) is 1. The average Bonchev–Trinajstić information content (AvgIpc) is 2.25. The largest absolute Gasteiger partial charge is 0.0948 e. The Bertz CT molecular complexity index is 545. The van der Waals surface area contributed by atoms with Gasteiger partial charge in [-0.25, -0.2) is 0 Å². The van der Waals surface area contributed by atoms with E-state index in [2.05, 4.69) is 43.0 Å². The van der Waals surface area contributed by atoms with Gasteiger partial charge in [0.05, 0.1) is 0 Å². The van der Waals surface area contributed by atoms with E-state index in [4.69, 9.17) is 12.2 Å². The molecule has 2 aromatic carbocycles. The normalized spacial score (nSPS) is 14.7. The maximum Gasteiger partial charge on any atom is 0.0274 e. The second-order valence-electron chi connectivity index (χ2n) is 3.91. The topological polar surface area (TPSA) is 0 Å². The molecule has 0 spiro atoms. The van der Waals surface area contributed by atoms with Crippen LogP contribution in [0.5, 0.6) is 0 Å². The summed E-state index contributed by atoms with van der Waals surface area (Å²) in [5, 5.41) is 2.54. The van der Waals surface area contributed by atoms with Crippen LogP contribution in [0.2, 0.25) is 0 Å². The lowest BCUT2D eigenvalue weighted by Gasteiger charge is -2.19. The van der Waals surface area contributed by atoms with Crippen LogP contribution < -0.4 is 0 Å². The fraction of sp³-hybridized carbons (Fsp3) is 0.0714. The van der Waals surface area contributed by atoms with Crippen molar-refractivity contribution in [3.63, 3.8) is 0 Å². The van der Waals surface area contributed by atoms with Gasteiger partial charge >= 0.3 is 0 Å². The van der Waals surface area contributed by atoms with E-state index >= 15 is 0 Å². The first kappa shape index (κ1) is 8.81. The van der Waals surface area contributed by atoms with Crippen LogP contribution in [-0.4, -0.2) is 4.86 Å². The quantitative estimate of drug-likeness (QED) is 0.593. The summed E-state index contributed by atoms with van der Waals surface area (Å²) in [7, 11) is 0. The van der Waals surface area contributed by atoms with Crippen LogP contribution in [0.25, 0.3) is 16.3 Å². The van der Waals surface area contributed by atoms with Crippen molar-refractivity contribution in [2.75, 3.05) is 0 Å². The predicted octanol–water partition coefficient (Wildman–Crippen LogP) is 3.97. The van der Waals surface area contributed by atoms with E-state index in [0.717, 1.165) is 16.9 Å². The second-order valence-corrected chi connectivity index (χ2v) is 4.41. The standard InChI is InChI=1S/C14H10S/c1-9-8-13(15)12-7-3-5-10-4-2-6-11(9)14(10)12/h2-7H,1,8H2. The number of allylic oxidation sites excluding steroid dienone is 1. The summed E-state index contributed by atoms with van der Waals surface area (Å²) in [6.45, 7) is 4.10. The minimum absolute atomic E-state index is 0.825. The fourth-order valence-electron chi connectivity index (χ4n) is 2.25. The fourth-order valence-corrected chi connectivity index (χ4v) is 2.60. The third-order valence-corrected chi connectivity index (χ3v) is 3.32. The minimum atomic E-state index is 0.825. The minimum Gasteiger partial charge on any atom is -0.0948 e. The number of benzene rings is 2. The van der Waals surface area contributed by atoms with Crippen LogP contribution >= 0.6 is 12.2 Å². The van der Waals surface area contributed by atoms with Crippen LogP contribution in [0.3, 0.4) is 0 Å². The molecule has 2 aromatic rings. The van der Waals surface area contributed by atoms with E-state index in [0.29, 0.717) is 0 Å². The molecule has 0 unspecified atom stereocenters. The molecule has 0 saturated heterocycles. The van der Waals surface area contributed by atoms with Gasteiger partial charge < -0.3 is 0 Å². The molecular formula is C14H10S. The Hall–Kier alpha value is -1.47. The van der Waals surface area contributed by atoms with Gasteiger partial charge in [0.15, 0.2) is 0 Å². The smallest absolute Gasteiger partial charge is 0.0274 e. The van der Waals surface area contributed by atoms with Gasteiger partial charge in [0.1, 0.15) is 0 Å². The molecule has 3 rings (SSSR count). The van der Waals surface area contributed by atoms with Crippen LogP contribution in [0.1, 0.15) is 17.5 Å². The molecule has 1 heteroatoms. The number of hydrogen-bond donors (Lipinski definition) is 0. The maximum atomic E-state index is 5.41. The highest BCUT2D eigenvalue weighted by molar-refractivity contribution is 7.81. The Kier molecular flexibility index (Phi) is 1.77. The Morgan fingerprint density at radius 2 is 1.67 bits per heavy atom. The van der Waals surface area contributed by atoms with E-state index in [1.165, 1.54) is 21.9 Å². The first-order valence-corrected chi connectivity index (χ1v) is 5.41. The Morgan fingerprint density at radius 3 is 2.40 bits per heavy atom. The molecule has 15 heavy (non-hydrogen) atoms. The predicted molar refractivity (Wildman–Crippen MR) is 69.3 cm³/mol. The summed E-state index contributed by atoms with van der Waals surface area (Å²) in [6.07, 6.45) is 0.825. The summed E-state index contributed by atoms with van der Waals surface area (Å²) in [4.78, 5) is 1.02. The van der Waals surface area contributed by atoms with Gasteiger partial charge in [-0.15, -0.1) is 0 Å². The van der Waals surface area contributed by atoms with E-state index in [1.54, 1.807) is 0 Å². The van der Waals surface area contributed by atoms with Gasteiger partial charge in [-0.05, 0) is 27.5 Å². The zero-order valence-corrected chi connectivity index (χ0v) is 9.10. The van der Waals surface area contributed by atoms with E-state index < -0.39 is 0 Å². The van der Waals surface area contributed by atoms with Crippen molar-refractivity contribution in [2.24, 2.45) is 0 Å². The van der Waals surface area contributed by atoms with E-state index in [-0.39, 0.29) is 0 Å². The molecule has 0 radical (unpaired) electrons. The van der Waals surface area contributed by atoms with Crippen molar-refractivity contribution < 1.29 is 0 Å². The van der Waals surface area contributed by atoms with Gasteiger partial charge in [-0.2, -0.15) is 0 Å². The number of rotatable bonds is 0. The first-order valence-electron chi connectivity index (χ1n) is 5.00. The highest BCUT2D eigenvalue weighted by Gasteiger charge is 2.17. The molecule has 1 aliphatic carbocycles. The molecular weight excluding hydrogens is 200 g/mol. The lowest BCUT2D eigenvalue weighted by molar-refractivity contribution is 1.47. The molecule has 0 nitrogen and oxygen atoms in total. The highest BCUT2D eigenvalue weighted by atomic mass is 32.1. The average molecular weight is 210 g/mol. The molecule has 0 fully saturated rings. The highest BCUT2D eigenvalue weighted by Crippen LogP contribution is 2.35. The lowest BCUT2D eigenvalue weighted by Crippen LogP contribution is -2.06. The Morgan fingerprint density at radius 1 is 1.00 bits per heavy atom. The summed E-state index contributed by atoms with van der Waals surface area (Å²) >= 11 is 5.41. The molecule has 1 aliphatic rings. The molecule has 0 heterocycles. The van der Waals surface area contributed by atoms with E-state index in [9.17, 15) is 0 Å². The molecule has 0 bridgehead atoms. The van der Waals surface area contributed by atoms with Crippen molar-refractivity contribution in [2.45, 2.75) is 6.42 Å². The molecule has 0 saturated carbocycles. The van der Waals surface area contributed by atoms with Crippen LogP contribution in [0.15, 0.2) is 43.0 Å². The summed E-state index contributed by atoms with van der Waals surface area (Å²) in [6, 6.07) is 12.7. The lowest BCUT2D eigenvalue weighted by atomic mass is 9.86. The first-order chi connectivity index (χ1) is 7.27. The molecule has 0 aliphatic heterocycles. The van der Waals surface area contributed by atoms with Crippen molar-refractivity contribution in [3.8, 4) is 0 Å². The van der Waals surface area contributed by atoms with Gasteiger partial charge in [0.2, 0.25) is 0 Å². The molecule has 0 N–H and O–H groups in total. The zero-order valence-electron chi connectivity index (χ0n) is 8.29. The Balaban J connectivity index is 2.56. The van der Waals surface area contributed by atoms with Crippen LogP contribution in [0.4, 0.5) is 0 Å².